The van der Waals surface area contributed by atoms with Gasteiger partial charge in [0, 0.05) is 12.2 Å². The lowest BCUT2D eigenvalue weighted by Crippen LogP contribution is -2.25. The summed E-state index contributed by atoms with van der Waals surface area (Å²) >= 11 is 0. The van der Waals surface area contributed by atoms with Crippen LogP contribution in [0.15, 0.2) is 84.9 Å². The molecule has 0 aliphatic carbocycles. The first-order valence-electron chi connectivity index (χ1n) is 10.7. The molecule has 4 aromatic carbocycles. The van der Waals surface area contributed by atoms with Gasteiger partial charge in [0.1, 0.15) is 11.5 Å². The number of rotatable bonds is 8. The predicted octanol–water partition coefficient (Wildman–Crippen LogP) is 4.17. The molecule has 0 bridgehead atoms. The monoisotopic (exact) mass is 476 g/mol. The van der Waals surface area contributed by atoms with E-state index in [1.165, 1.54) is 24.3 Å². The fourth-order valence-electron chi connectivity index (χ4n) is 3.62. The van der Waals surface area contributed by atoms with Gasteiger partial charge in [-0.2, -0.15) is 0 Å². The van der Waals surface area contributed by atoms with Crippen molar-refractivity contribution in [3.8, 4) is 11.5 Å². The van der Waals surface area contributed by atoms with Crippen LogP contribution in [0, 0.1) is 0 Å². The van der Waals surface area contributed by atoms with Crippen LogP contribution in [0.2, 0.25) is 0 Å². The van der Waals surface area contributed by atoms with E-state index >= 15 is 0 Å². The number of phenolic OH excluding ortho intramolecular Hbond substituents is 2. The van der Waals surface area contributed by atoms with Gasteiger partial charge in [0.25, 0.3) is 5.91 Å². The SMILES string of the molecule is O=C(NCCc1ccc(NS(=O)(=O)Cc2ccccc2)cc1)c1cc2cc(O)ccc2cc1O. The molecule has 0 radical (unpaired) electrons. The standard InChI is InChI=1S/C26H24N2O5S/c29-23-11-8-20-16-25(30)24(15-21(20)14-23)26(31)27-13-12-18-6-9-22(10-7-18)28-34(32,33)17-19-4-2-1-3-5-19/h1-11,14-16,28-30H,12-13,17H2,(H,27,31). The molecule has 8 heteroatoms. The van der Waals surface area contributed by atoms with Crippen molar-refractivity contribution in [2.24, 2.45) is 0 Å². The van der Waals surface area contributed by atoms with Crippen molar-refractivity contribution in [2.75, 3.05) is 11.3 Å². The number of hydrogen-bond acceptors (Lipinski definition) is 5. The zero-order chi connectivity index (χ0) is 24.1. The number of amides is 1. The van der Waals surface area contributed by atoms with Crippen LogP contribution >= 0.6 is 0 Å². The molecule has 0 atom stereocenters. The van der Waals surface area contributed by atoms with Crippen LogP contribution < -0.4 is 10.0 Å². The van der Waals surface area contributed by atoms with Crippen molar-refractivity contribution in [1.29, 1.82) is 0 Å². The van der Waals surface area contributed by atoms with E-state index < -0.39 is 15.9 Å². The molecule has 1 amide bonds. The van der Waals surface area contributed by atoms with Gasteiger partial charge in [-0.05, 0) is 64.7 Å². The van der Waals surface area contributed by atoms with E-state index in [-0.39, 0.29) is 22.8 Å². The summed E-state index contributed by atoms with van der Waals surface area (Å²) in [4.78, 5) is 12.5. The molecule has 0 aliphatic heterocycles. The number of sulfonamides is 1. The molecular formula is C26H24N2O5S. The first-order chi connectivity index (χ1) is 16.3. The number of fused-ring (bicyclic) bond motifs is 1. The topological polar surface area (TPSA) is 116 Å². The largest absolute Gasteiger partial charge is 0.508 e. The lowest BCUT2D eigenvalue weighted by molar-refractivity contribution is 0.0951. The van der Waals surface area contributed by atoms with Crippen LogP contribution in [-0.4, -0.2) is 31.1 Å². The zero-order valence-corrected chi connectivity index (χ0v) is 19.0. The average Bonchev–Trinajstić information content (AvgIpc) is 2.80. The Labute approximate surface area is 197 Å². The van der Waals surface area contributed by atoms with Crippen molar-refractivity contribution in [2.45, 2.75) is 12.2 Å². The van der Waals surface area contributed by atoms with Gasteiger partial charge in [-0.15, -0.1) is 0 Å². The third-order valence-electron chi connectivity index (χ3n) is 5.31. The van der Waals surface area contributed by atoms with Crippen molar-refractivity contribution >= 4 is 32.4 Å². The summed E-state index contributed by atoms with van der Waals surface area (Å²) in [6.07, 6.45) is 0.526. The van der Waals surface area contributed by atoms with E-state index in [1.54, 1.807) is 54.6 Å². The van der Waals surface area contributed by atoms with Gasteiger partial charge in [0.05, 0.1) is 11.3 Å². The fourth-order valence-corrected chi connectivity index (χ4v) is 4.82. The van der Waals surface area contributed by atoms with Crippen LogP contribution in [0.5, 0.6) is 11.5 Å². The maximum Gasteiger partial charge on any atom is 0.255 e. The number of carbonyl (C=O) groups excluding carboxylic acids is 1. The minimum absolute atomic E-state index is 0.0790. The smallest absolute Gasteiger partial charge is 0.255 e. The number of nitrogens with one attached hydrogen (secondary N) is 2. The van der Waals surface area contributed by atoms with Gasteiger partial charge in [-0.3, -0.25) is 9.52 Å². The number of phenols is 2. The van der Waals surface area contributed by atoms with Gasteiger partial charge in [-0.25, -0.2) is 8.42 Å². The number of carbonyl (C=O) groups is 1. The second-order valence-electron chi connectivity index (χ2n) is 7.95. The van der Waals surface area contributed by atoms with Gasteiger partial charge < -0.3 is 15.5 Å². The molecule has 4 N–H and O–H groups in total. The maximum absolute atomic E-state index is 12.5. The van der Waals surface area contributed by atoms with E-state index in [1.807, 2.05) is 6.07 Å². The number of aromatic hydroxyl groups is 2. The number of hydrogen-bond donors (Lipinski definition) is 4. The molecule has 4 rings (SSSR count). The number of benzene rings is 4. The molecule has 0 heterocycles. The Kier molecular flexibility index (Phi) is 6.70. The first kappa shape index (κ1) is 23.1. The minimum atomic E-state index is -3.53. The van der Waals surface area contributed by atoms with E-state index in [4.69, 9.17) is 0 Å². The summed E-state index contributed by atoms with van der Waals surface area (Å²) in [5, 5.41) is 24.0. The molecule has 4 aromatic rings. The molecular weight excluding hydrogens is 452 g/mol. The predicted molar refractivity (Wildman–Crippen MR) is 132 cm³/mol. The third kappa shape index (κ3) is 5.85. The quantitative estimate of drug-likeness (QED) is 0.305. The fraction of sp³-hybridized carbons (Fsp3) is 0.115. The molecule has 0 aromatic heterocycles. The average molecular weight is 477 g/mol. The Hall–Kier alpha value is -4.04. The highest BCUT2D eigenvalue weighted by atomic mass is 32.2. The highest BCUT2D eigenvalue weighted by molar-refractivity contribution is 7.91. The highest BCUT2D eigenvalue weighted by Gasteiger charge is 2.13. The Bertz CT molecular complexity index is 1420. The van der Waals surface area contributed by atoms with E-state index in [9.17, 15) is 23.4 Å². The maximum atomic E-state index is 12.5. The van der Waals surface area contributed by atoms with Crippen LogP contribution in [0.25, 0.3) is 10.8 Å². The lowest BCUT2D eigenvalue weighted by atomic mass is 10.0. The van der Waals surface area contributed by atoms with Crippen molar-refractivity contribution < 1.29 is 23.4 Å². The van der Waals surface area contributed by atoms with Gasteiger partial charge >= 0.3 is 0 Å². The number of anilines is 1. The summed E-state index contributed by atoms with van der Waals surface area (Å²) in [5.74, 6) is -0.589. The highest BCUT2D eigenvalue weighted by Crippen LogP contribution is 2.27. The molecule has 0 aliphatic rings. The van der Waals surface area contributed by atoms with Crippen LogP contribution in [-0.2, 0) is 22.2 Å². The third-order valence-corrected chi connectivity index (χ3v) is 6.57. The van der Waals surface area contributed by atoms with E-state index in [0.717, 1.165) is 5.56 Å². The Balaban J connectivity index is 1.32. The van der Waals surface area contributed by atoms with Crippen LogP contribution in [0.4, 0.5) is 5.69 Å². The molecule has 0 saturated carbocycles. The Morgan fingerprint density at radius 2 is 1.53 bits per heavy atom. The summed E-state index contributed by atoms with van der Waals surface area (Å²) in [6, 6.07) is 23.6. The molecule has 0 unspecified atom stereocenters. The first-order valence-corrected chi connectivity index (χ1v) is 12.3. The summed E-state index contributed by atoms with van der Waals surface area (Å²) < 4.78 is 27.3. The minimum Gasteiger partial charge on any atom is -0.508 e. The van der Waals surface area contributed by atoms with Crippen molar-refractivity contribution in [3.05, 3.63) is 102 Å². The summed E-state index contributed by atoms with van der Waals surface area (Å²) in [5.41, 5.74) is 2.21. The van der Waals surface area contributed by atoms with E-state index in [2.05, 4.69) is 10.0 Å². The molecule has 174 valence electrons. The second kappa shape index (κ2) is 9.84. The summed E-state index contributed by atoms with van der Waals surface area (Å²) in [6.45, 7) is 0.329. The summed E-state index contributed by atoms with van der Waals surface area (Å²) in [7, 11) is -3.53. The molecule has 0 saturated heterocycles. The van der Waals surface area contributed by atoms with Crippen LogP contribution in [0.1, 0.15) is 21.5 Å². The Morgan fingerprint density at radius 3 is 2.26 bits per heavy atom. The lowest BCUT2D eigenvalue weighted by Gasteiger charge is -2.10. The zero-order valence-electron chi connectivity index (χ0n) is 18.2. The second-order valence-corrected chi connectivity index (χ2v) is 9.67. The normalized spacial score (nSPS) is 11.3. The molecule has 0 fully saturated rings. The van der Waals surface area contributed by atoms with Crippen molar-refractivity contribution in [3.63, 3.8) is 0 Å². The van der Waals surface area contributed by atoms with Gasteiger partial charge in [0.2, 0.25) is 10.0 Å². The molecule has 34 heavy (non-hydrogen) atoms. The van der Waals surface area contributed by atoms with Gasteiger partial charge in [-0.1, -0.05) is 48.5 Å². The van der Waals surface area contributed by atoms with E-state index in [0.29, 0.717) is 35.0 Å². The molecule has 0 spiro atoms. The van der Waals surface area contributed by atoms with Crippen LogP contribution in [0.3, 0.4) is 0 Å². The Morgan fingerprint density at radius 1 is 0.794 bits per heavy atom. The molecule has 7 nitrogen and oxygen atoms in total. The van der Waals surface area contributed by atoms with Gasteiger partial charge in [0.15, 0.2) is 0 Å². The van der Waals surface area contributed by atoms with Crippen molar-refractivity contribution in [1.82, 2.24) is 5.32 Å².